The lowest BCUT2D eigenvalue weighted by atomic mass is 10.1. The van der Waals surface area contributed by atoms with Gasteiger partial charge >= 0.3 is 0 Å². The van der Waals surface area contributed by atoms with E-state index in [0.717, 1.165) is 23.5 Å². The second-order valence-corrected chi connectivity index (χ2v) is 9.32. The van der Waals surface area contributed by atoms with Crippen LogP contribution >= 0.6 is 12.2 Å². The fourth-order valence-corrected chi connectivity index (χ4v) is 4.18. The average molecular weight is 457 g/mol. The molecule has 2 fully saturated rings. The maximum atomic E-state index is 6.05. The lowest BCUT2D eigenvalue weighted by Gasteiger charge is -2.20. The normalized spacial score (nSPS) is 24.3. The maximum Gasteiger partial charge on any atom is 0.223 e. The molecule has 1 aromatic heterocycles. The molecule has 0 amide bonds. The molecule has 172 valence electrons. The number of anilines is 2. The van der Waals surface area contributed by atoms with Gasteiger partial charge in [0.15, 0.2) is 5.11 Å². The van der Waals surface area contributed by atoms with Gasteiger partial charge in [0, 0.05) is 38.1 Å². The van der Waals surface area contributed by atoms with Gasteiger partial charge in [-0.3, -0.25) is 0 Å². The van der Waals surface area contributed by atoms with Gasteiger partial charge in [-0.15, -0.1) is 0 Å². The van der Waals surface area contributed by atoms with Crippen LogP contribution in [-0.2, 0) is 9.47 Å². The van der Waals surface area contributed by atoms with E-state index in [-0.39, 0.29) is 24.3 Å². The molecule has 32 heavy (non-hydrogen) atoms. The second kappa shape index (κ2) is 9.97. The SMILES string of the molecule is CC(C)CNC(=S)NC1COC2C(Nc3nccc(-c4ccc(N(C)C)cc4)n3)COC12. The van der Waals surface area contributed by atoms with E-state index >= 15 is 0 Å². The number of thiocarbonyl (C=S) groups is 1. The first-order valence-electron chi connectivity index (χ1n) is 11.1. The summed E-state index contributed by atoms with van der Waals surface area (Å²) in [6.45, 7) is 6.22. The Hall–Kier alpha value is -2.49. The third-order valence-corrected chi connectivity index (χ3v) is 5.95. The number of ether oxygens (including phenoxy) is 2. The number of hydrogen-bond donors (Lipinski definition) is 3. The average Bonchev–Trinajstić information content (AvgIpc) is 3.36. The third-order valence-electron chi connectivity index (χ3n) is 5.69. The molecule has 9 heteroatoms. The zero-order chi connectivity index (χ0) is 22.7. The van der Waals surface area contributed by atoms with E-state index in [1.54, 1.807) is 6.20 Å². The van der Waals surface area contributed by atoms with Crippen LogP contribution in [0.3, 0.4) is 0 Å². The predicted octanol–water partition coefficient (Wildman–Crippen LogP) is 2.28. The van der Waals surface area contributed by atoms with Gasteiger partial charge in [0.05, 0.1) is 31.0 Å². The smallest absolute Gasteiger partial charge is 0.223 e. The first-order valence-corrected chi connectivity index (χ1v) is 11.5. The van der Waals surface area contributed by atoms with Crippen LogP contribution in [-0.4, -0.2) is 73.2 Å². The molecule has 2 aliphatic rings. The van der Waals surface area contributed by atoms with E-state index < -0.39 is 0 Å². The molecule has 4 atom stereocenters. The van der Waals surface area contributed by atoms with Crippen LogP contribution in [0.5, 0.6) is 0 Å². The van der Waals surface area contributed by atoms with Crippen LogP contribution in [0.4, 0.5) is 11.6 Å². The highest BCUT2D eigenvalue weighted by Crippen LogP contribution is 2.29. The van der Waals surface area contributed by atoms with E-state index in [1.807, 2.05) is 20.2 Å². The van der Waals surface area contributed by atoms with E-state index in [2.05, 4.69) is 63.9 Å². The Labute approximate surface area is 195 Å². The topological polar surface area (TPSA) is 83.6 Å². The summed E-state index contributed by atoms with van der Waals surface area (Å²) in [5.74, 6) is 1.10. The first kappa shape index (κ1) is 22.7. The third kappa shape index (κ3) is 5.28. The van der Waals surface area contributed by atoms with Crippen LogP contribution in [0.1, 0.15) is 13.8 Å². The highest BCUT2D eigenvalue weighted by Gasteiger charge is 2.48. The lowest BCUT2D eigenvalue weighted by molar-refractivity contribution is 0.0688. The number of benzene rings is 1. The van der Waals surface area contributed by atoms with E-state index in [1.165, 1.54) is 0 Å². The first-order chi connectivity index (χ1) is 15.4. The molecule has 0 aliphatic carbocycles. The van der Waals surface area contributed by atoms with Gasteiger partial charge < -0.3 is 30.3 Å². The van der Waals surface area contributed by atoms with Gasteiger partial charge in [-0.25, -0.2) is 9.97 Å². The number of rotatable bonds is 7. The summed E-state index contributed by atoms with van der Waals surface area (Å²) >= 11 is 5.41. The molecule has 8 nitrogen and oxygen atoms in total. The molecule has 0 radical (unpaired) electrons. The van der Waals surface area contributed by atoms with Crippen molar-refractivity contribution in [2.75, 3.05) is 44.1 Å². The summed E-state index contributed by atoms with van der Waals surface area (Å²) in [5.41, 5.74) is 3.07. The van der Waals surface area contributed by atoms with E-state index in [9.17, 15) is 0 Å². The van der Waals surface area contributed by atoms with Gasteiger partial charge in [-0.05, 0) is 36.3 Å². The summed E-state index contributed by atoms with van der Waals surface area (Å²) in [5, 5.41) is 10.6. The molecule has 2 saturated heterocycles. The van der Waals surface area contributed by atoms with Crippen molar-refractivity contribution in [1.82, 2.24) is 20.6 Å². The Morgan fingerprint density at radius 1 is 1.09 bits per heavy atom. The van der Waals surface area contributed by atoms with Crippen molar-refractivity contribution in [2.24, 2.45) is 5.92 Å². The van der Waals surface area contributed by atoms with Gasteiger partial charge in [0.2, 0.25) is 5.95 Å². The molecular formula is C23H32N6O2S. The molecular weight excluding hydrogens is 424 g/mol. The van der Waals surface area contributed by atoms with Gasteiger partial charge in [-0.2, -0.15) is 0 Å². The highest BCUT2D eigenvalue weighted by molar-refractivity contribution is 7.80. The maximum absolute atomic E-state index is 6.05. The number of nitrogens with one attached hydrogen (secondary N) is 3. The molecule has 1 aromatic carbocycles. The lowest BCUT2D eigenvalue weighted by Crippen LogP contribution is -2.49. The quantitative estimate of drug-likeness (QED) is 0.544. The highest BCUT2D eigenvalue weighted by atomic mass is 32.1. The van der Waals surface area contributed by atoms with Crippen LogP contribution in [0.25, 0.3) is 11.3 Å². The number of aromatic nitrogens is 2. The molecule has 0 bridgehead atoms. The van der Waals surface area contributed by atoms with Crippen molar-refractivity contribution in [3.8, 4) is 11.3 Å². The minimum atomic E-state index is -0.0768. The fourth-order valence-electron chi connectivity index (χ4n) is 3.95. The van der Waals surface area contributed by atoms with Gasteiger partial charge in [-0.1, -0.05) is 26.0 Å². The molecule has 3 N–H and O–H groups in total. The molecule has 2 aromatic rings. The Kier molecular flexibility index (Phi) is 7.07. The van der Waals surface area contributed by atoms with E-state index in [0.29, 0.717) is 30.2 Å². The molecule has 0 saturated carbocycles. The van der Waals surface area contributed by atoms with Crippen LogP contribution in [0.2, 0.25) is 0 Å². The second-order valence-electron chi connectivity index (χ2n) is 8.91. The van der Waals surface area contributed by atoms with Crippen molar-refractivity contribution < 1.29 is 9.47 Å². The number of fused-ring (bicyclic) bond motifs is 1. The van der Waals surface area contributed by atoms with Crippen molar-refractivity contribution in [2.45, 2.75) is 38.1 Å². The monoisotopic (exact) mass is 456 g/mol. The molecule has 2 aliphatic heterocycles. The Morgan fingerprint density at radius 3 is 2.47 bits per heavy atom. The number of hydrogen-bond acceptors (Lipinski definition) is 7. The van der Waals surface area contributed by atoms with Crippen molar-refractivity contribution in [3.05, 3.63) is 36.5 Å². The van der Waals surface area contributed by atoms with E-state index in [4.69, 9.17) is 26.7 Å². The van der Waals surface area contributed by atoms with Crippen molar-refractivity contribution in [3.63, 3.8) is 0 Å². The Balaban J connectivity index is 1.36. The molecule has 0 spiro atoms. The zero-order valence-corrected chi connectivity index (χ0v) is 19.9. The molecule has 3 heterocycles. The summed E-state index contributed by atoms with van der Waals surface area (Å²) in [4.78, 5) is 11.2. The Bertz CT molecular complexity index is 923. The molecule has 4 rings (SSSR count). The fraction of sp³-hybridized carbons (Fsp3) is 0.522. The summed E-state index contributed by atoms with van der Waals surface area (Å²) in [6.07, 6.45) is 1.64. The summed E-state index contributed by atoms with van der Waals surface area (Å²) < 4.78 is 12.1. The minimum Gasteiger partial charge on any atom is -0.378 e. The largest absolute Gasteiger partial charge is 0.378 e. The van der Waals surface area contributed by atoms with Crippen LogP contribution in [0, 0.1) is 5.92 Å². The Morgan fingerprint density at radius 2 is 1.78 bits per heavy atom. The molecule has 4 unspecified atom stereocenters. The summed E-state index contributed by atoms with van der Waals surface area (Å²) in [6, 6.07) is 10.2. The number of nitrogens with zero attached hydrogens (tertiary/aromatic N) is 3. The van der Waals surface area contributed by atoms with Crippen LogP contribution < -0.4 is 20.9 Å². The minimum absolute atomic E-state index is 0.0182. The van der Waals surface area contributed by atoms with Gasteiger partial charge in [0.25, 0.3) is 0 Å². The van der Waals surface area contributed by atoms with Crippen molar-refractivity contribution in [1.29, 1.82) is 0 Å². The zero-order valence-electron chi connectivity index (χ0n) is 19.0. The predicted molar refractivity (Wildman–Crippen MR) is 131 cm³/mol. The van der Waals surface area contributed by atoms with Crippen molar-refractivity contribution >= 4 is 29.0 Å². The standard InChI is InChI=1S/C23H32N6O2S/c1-14(2)11-25-23(32)28-19-13-31-20-18(12-30-21(19)20)27-22-24-10-9-17(26-22)15-5-7-16(8-6-15)29(3)4/h5-10,14,18-21H,11-13H2,1-4H3,(H,24,26,27)(H2,25,28,32). The van der Waals surface area contributed by atoms with Gasteiger partial charge in [0.1, 0.15) is 12.2 Å². The summed E-state index contributed by atoms with van der Waals surface area (Å²) in [7, 11) is 4.05. The van der Waals surface area contributed by atoms with Crippen LogP contribution in [0.15, 0.2) is 36.5 Å².